The molecule has 1 aliphatic rings. The molecule has 0 heterocycles. The highest BCUT2D eigenvalue weighted by Crippen LogP contribution is 2.16. The second kappa shape index (κ2) is 4.49. The summed E-state index contributed by atoms with van der Waals surface area (Å²) in [4.78, 5) is 11.3. The predicted molar refractivity (Wildman–Crippen MR) is 56.2 cm³/mol. The summed E-state index contributed by atoms with van der Waals surface area (Å²) in [7, 11) is 0. The van der Waals surface area contributed by atoms with E-state index in [-0.39, 0.29) is 6.09 Å². The van der Waals surface area contributed by atoms with E-state index in [1.807, 2.05) is 20.8 Å². The molecule has 0 saturated heterocycles. The number of carbonyl (C=O) groups excluding carboxylic acids is 1. The molecule has 3 heteroatoms. The van der Waals surface area contributed by atoms with Gasteiger partial charge in [0.25, 0.3) is 0 Å². The highest BCUT2D eigenvalue weighted by Gasteiger charge is 2.16. The minimum atomic E-state index is -0.409. The lowest BCUT2D eigenvalue weighted by Gasteiger charge is -2.19. The number of amides is 1. The third kappa shape index (κ3) is 4.30. The van der Waals surface area contributed by atoms with Crippen LogP contribution in [0.2, 0.25) is 0 Å². The Balaban J connectivity index is 2.21. The van der Waals surface area contributed by atoms with Gasteiger partial charge in [-0.05, 0) is 40.0 Å². The van der Waals surface area contributed by atoms with Crippen molar-refractivity contribution in [2.24, 2.45) is 0 Å². The van der Waals surface area contributed by atoms with Crippen LogP contribution < -0.4 is 5.32 Å². The molecule has 3 nitrogen and oxygen atoms in total. The van der Waals surface area contributed by atoms with Crippen molar-refractivity contribution < 1.29 is 9.53 Å². The van der Waals surface area contributed by atoms with Crippen molar-refractivity contribution in [3.63, 3.8) is 0 Å². The minimum absolute atomic E-state index is 0.328. The maximum atomic E-state index is 11.3. The van der Waals surface area contributed by atoms with E-state index in [1.54, 1.807) is 0 Å². The third-order valence-electron chi connectivity index (χ3n) is 1.99. The summed E-state index contributed by atoms with van der Waals surface area (Å²) in [6.07, 6.45) is 5.33. The van der Waals surface area contributed by atoms with Gasteiger partial charge in [-0.2, -0.15) is 0 Å². The van der Waals surface area contributed by atoms with Crippen LogP contribution in [-0.2, 0) is 4.74 Å². The average Bonchev–Trinajstić information content (AvgIpc) is 2.49. The van der Waals surface area contributed by atoms with Gasteiger partial charge in [0.2, 0.25) is 0 Å². The van der Waals surface area contributed by atoms with Gasteiger partial charge in [0.05, 0.1) is 0 Å². The average molecular weight is 197 g/mol. The zero-order valence-electron chi connectivity index (χ0n) is 9.22. The van der Waals surface area contributed by atoms with Gasteiger partial charge in [-0.25, -0.2) is 4.79 Å². The van der Waals surface area contributed by atoms with Gasteiger partial charge < -0.3 is 10.1 Å². The van der Waals surface area contributed by atoms with E-state index in [4.69, 9.17) is 4.74 Å². The summed E-state index contributed by atoms with van der Waals surface area (Å²) in [6, 6.07) is 0. The molecule has 0 bridgehead atoms. The first kappa shape index (κ1) is 11.1. The Morgan fingerprint density at radius 2 is 2.29 bits per heavy atom. The molecule has 0 aromatic carbocycles. The number of rotatable bonds is 2. The van der Waals surface area contributed by atoms with Crippen LogP contribution in [0.5, 0.6) is 0 Å². The van der Waals surface area contributed by atoms with Gasteiger partial charge in [-0.3, -0.25) is 0 Å². The first-order chi connectivity index (χ1) is 6.47. The normalized spacial score (nSPS) is 16.4. The zero-order chi connectivity index (χ0) is 10.6. The lowest BCUT2D eigenvalue weighted by molar-refractivity contribution is 0.0532. The molecule has 80 valence electrons. The number of carbonyl (C=O) groups is 1. The van der Waals surface area contributed by atoms with Crippen LogP contribution in [0.15, 0.2) is 11.6 Å². The maximum absolute atomic E-state index is 11.3. The Hall–Kier alpha value is -0.990. The second-order valence-electron chi connectivity index (χ2n) is 4.61. The first-order valence-electron chi connectivity index (χ1n) is 5.12. The van der Waals surface area contributed by atoms with Gasteiger partial charge >= 0.3 is 6.09 Å². The van der Waals surface area contributed by atoms with Crippen LogP contribution in [0.1, 0.15) is 40.0 Å². The fourth-order valence-corrected chi connectivity index (χ4v) is 1.40. The lowest BCUT2D eigenvalue weighted by Crippen LogP contribution is -2.33. The number of hydrogen-bond donors (Lipinski definition) is 1. The largest absolute Gasteiger partial charge is 0.444 e. The van der Waals surface area contributed by atoms with E-state index in [0.717, 1.165) is 12.8 Å². The molecule has 0 aromatic heterocycles. The van der Waals surface area contributed by atoms with Crippen molar-refractivity contribution in [1.29, 1.82) is 0 Å². The number of ether oxygens (including phenoxy) is 1. The molecule has 14 heavy (non-hydrogen) atoms. The highest BCUT2D eigenvalue weighted by atomic mass is 16.6. The van der Waals surface area contributed by atoms with Crippen molar-refractivity contribution in [1.82, 2.24) is 5.32 Å². The molecule has 0 aliphatic heterocycles. The van der Waals surface area contributed by atoms with E-state index in [9.17, 15) is 4.79 Å². The van der Waals surface area contributed by atoms with E-state index >= 15 is 0 Å². The fourth-order valence-electron chi connectivity index (χ4n) is 1.40. The molecule has 1 aliphatic carbocycles. The van der Waals surface area contributed by atoms with E-state index in [2.05, 4.69) is 11.4 Å². The Kier molecular flexibility index (Phi) is 3.55. The van der Waals surface area contributed by atoms with Crippen LogP contribution in [-0.4, -0.2) is 18.2 Å². The van der Waals surface area contributed by atoms with Crippen molar-refractivity contribution in [2.45, 2.75) is 45.6 Å². The number of allylic oxidation sites excluding steroid dienone is 1. The molecule has 0 saturated carbocycles. The van der Waals surface area contributed by atoms with Crippen LogP contribution >= 0.6 is 0 Å². The summed E-state index contributed by atoms with van der Waals surface area (Å²) < 4.78 is 5.12. The molecule has 1 rings (SSSR count). The van der Waals surface area contributed by atoms with Gasteiger partial charge in [-0.15, -0.1) is 0 Å². The monoisotopic (exact) mass is 197 g/mol. The van der Waals surface area contributed by atoms with Crippen molar-refractivity contribution in [3.05, 3.63) is 11.6 Å². The summed E-state index contributed by atoms with van der Waals surface area (Å²) >= 11 is 0. The topological polar surface area (TPSA) is 38.3 Å². The molecule has 1 N–H and O–H groups in total. The lowest BCUT2D eigenvalue weighted by atomic mass is 10.2. The molecule has 0 spiro atoms. The quantitative estimate of drug-likeness (QED) is 0.691. The number of hydrogen-bond acceptors (Lipinski definition) is 2. The van der Waals surface area contributed by atoms with Crippen molar-refractivity contribution >= 4 is 6.09 Å². The van der Waals surface area contributed by atoms with Crippen LogP contribution in [0.4, 0.5) is 4.79 Å². The van der Waals surface area contributed by atoms with Gasteiger partial charge in [0.15, 0.2) is 0 Å². The molecule has 0 fully saturated rings. The third-order valence-corrected chi connectivity index (χ3v) is 1.99. The number of nitrogens with one attached hydrogen (secondary N) is 1. The number of alkyl carbamates (subject to hydrolysis) is 1. The summed E-state index contributed by atoms with van der Waals surface area (Å²) in [5, 5.41) is 2.75. The summed E-state index contributed by atoms with van der Waals surface area (Å²) in [5.74, 6) is 0. The standard InChI is InChI=1S/C11H19NO2/c1-11(2,3)14-10(13)12-8-9-6-4-5-7-9/h6H,4-5,7-8H2,1-3H3,(H,12,13). The maximum Gasteiger partial charge on any atom is 0.407 e. The predicted octanol–water partition coefficient (Wildman–Crippen LogP) is 2.62. The van der Waals surface area contributed by atoms with E-state index in [1.165, 1.54) is 12.0 Å². The second-order valence-corrected chi connectivity index (χ2v) is 4.61. The molecular weight excluding hydrogens is 178 g/mol. The van der Waals surface area contributed by atoms with E-state index in [0.29, 0.717) is 6.54 Å². The molecule has 1 amide bonds. The van der Waals surface area contributed by atoms with Crippen molar-refractivity contribution in [2.75, 3.05) is 6.54 Å². The summed E-state index contributed by atoms with van der Waals surface area (Å²) in [6.45, 7) is 6.22. The SMILES string of the molecule is CC(C)(C)OC(=O)NCC1=CCCC1. The Morgan fingerprint density at radius 3 is 2.79 bits per heavy atom. The minimum Gasteiger partial charge on any atom is -0.444 e. The van der Waals surface area contributed by atoms with E-state index < -0.39 is 5.60 Å². The fraction of sp³-hybridized carbons (Fsp3) is 0.727. The van der Waals surface area contributed by atoms with Crippen LogP contribution in [0.25, 0.3) is 0 Å². The molecule has 0 atom stereocenters. The zero-order valence-corrected chi connectivity index (χ0v) is 9.22. The van der Waals surface area contributed by atoms with Gasteiger partial charge in [-0.1, -0.05) is 11.6 Å². The summed E-state index contributed by atoms with van der Waals surface area (Å²) in [5.41, 5.74) is 0.907. The molecule has 0 aromatic rings. The molecule has 0 unspecified atom stereocenters. The van der Waals surface area contributed by atoms with Gasteiger partial charge in [0.1, 0.15) is 5.60 Å². The Bertz CT molecular complexity index is 238. The smallest absolute Gasteiger partial charge is 0.407 e. The first-order valence-corrected chi connectivity index (χ1v) is 5.12. The highest BCUT2D eigenvalue weighted by molar-refractivity contribution is 5.68. The van der Waals surface area contributed by atoms with Crippen LogP contribution in [0.3, 0.4) is 0 Å². The van der Waals surface area contributed by atoms with Gasteiger partial charge in [0, 0.05) is 6.54 Å². The molecular formula is C11H19NO2. The Morgan fingerprint density at radius 1 is 1.57 bits per heavy atom. The molecule has 0 radical (unpaired) electrons. The van der Waals surface area contributed by atoms with Crippen LogP contribution in [0, 0.1) is 0 Å². The Labute approximate surface area is 85.5 Å². The van der Waals surface area contributed by atoms with Crippen molar-refractivity contribution in [3.8, 4) is 0 Å².